The van der Waals surface area contributed by atoms with Crippen LogP contribution in [0.15, 0.2) is 21.2 Å². The number of furan rings is 1. The van der Waals surface area contributed by atoms with Gasteiger partial charge in [0.25, 0.3) is 0 Å². The lowest BCUT2D eigenvalue weighted by Gasteiger charge is -2.53. The first-order valence-corrected chi connectivity index (χ1v) is 11.7. The van der Waals surface area contributed by atoms with Gasteiger partial charge >= 0.3 is 0 Å². The van der Waals surface area contributed by atoms with Crippen LogP contribution in [0.5, 0.6) is 0 Å². The number of rotatable bonds is 3. The predicted molar refractivity (Wildman–Crippen MR) is 112 cm³/mol. The van der Waals surface area contributed by atoms with E-state index in [1.54, 1.807) is 12.3 Å². The topological polar surface area (TPSA) is 65.1 Å². The fraction of sp³-hybridized carbons (Fsp3) is 0.600. The van der Waals surface area contributed by atoms with Gasteiger partial charge in [0, 0.05) is 47.8 Å². The van der Waals surface area contributed by atoms with Crippen molar-refractivity contribution in [1.82, 2.24) is 9.88 Å². The fourth-order valence-corrected chi connectivity index (χ4v) is 6.90. The summed E-state index contributed by atoms with van der Waals surface area (Å²) in [5.41, 5.74) is 1.31. The number of likely N-dealkylation sites (tertiary alicyclic amines) is 1. The van der Waals surface area contributed by atoms with Crippen LogP contribution in [0.4, 0.5) is 5.82 Å². The van der Waals surface area contributed by atoms with Crippen LogP contribution in [0.2, 0.25) is 0 Å². The van der Waals surface area contributed by atoms with Crippen molar-refractivity contribution >= 4 is 44.5 Å². The SMILES string of the molecule is N#Cc1cc2c(Br)c(NC3CCC(N4CC5(CCSC5)C4)CC3)ncc2o1. The van der Waals surface area contributed by atoms with Gasteiger partial charge in [-0.25, -0.2) is 4.98 Å². The number of hydrogen-bond donors (Lipinski definition) is 1. The summed E-state index contributed by atoms with van der Waals surface area (Å²) >= 11 is 5.78. The first-order chi connectivity index (χ1) is 13.2. The molecule has 1 aliphatic carbocycles. The Morgan fingerprint density at radius 1 is 1.33 bits per heavy atom. The van der Waals surface area contributed by atoms with E-state index >= 15 is 0 Å². The van der Waals surface area contributed by atoms with E-state index in [1.165, 1.54) is 56.7 Å². The van der Waals surface area contributed by atoms with E-state index in [1.807, 2.05) is 6.07 Å². The number of nitriles is 1. The minimum atomic E-state index is 0.318. The Morgan fingerprint density at radius 2 is 2.15 bits per heavy atom. The summed E-state index contributed by atoms with van der Waals surface area (Å²) in [5.74, 6) is 3.91. The van der Waals surface area contributed by atoms with Crippen LogP contribution in [0.1, 0.15) is 37.9 Å². The van der Waals surface area contributed by atoms with Crippen molar-refractivity contribution in [3.05, 3.63) is 22.5 Å². The minimum Gasteiger partial charge on any atom is -0.444 e. The summed E-state index contributed by atoms with van der Waals surface area (Å²) in [6.45, 7) is 2.66. The van der Waals surface area contributed by atoms with Gasteiger partial charge in [0.1, 0.15) is 11.9 Å². The number of anilines is 1. The van der Waals surface area contributed by atoms with Gasteiger partial charge in [-0.2, -0.15) is 17.0 Å². The van der Waals surface area contributed by atoms with Crippen LogP contribution in [-0.2, 0) is 0 Å². The molecule has 0 unspecified atom stereocenters. The van der Waals surface area contributed by atoms with E-state index < -0.39 is 0 Å². The quantitative estimate of drug-likeness (QED) is 0.741. The van der Waals surface area contributed by atoms with Crippen molar-refractivity contribution in [2.24, 2.45) is 5.41 Å². The number of aromatic nitrogens is 1. The summed E-state index contributed by atoms with van der Waals surface area (Å²) in [7, 11) is 0. The van der Waals surface area contributed by atoms with Gasteiger partial charge in [0.15, 0.2) is 5.58 Å². The first kappa shape index (κ1) is 17.8. The predicted octanol–water partition coefficient (Wildman–Crippen LogP) is 4.62. The number of fused-ring (bicyclic) bond motifs is 1. The Morgan fingerprint density at radius 3 is 2.85 bits per heavy atom. The highest BCUT2D eigenvalue weighted by molar-refractivity contribution is 9.10. The molecule has 1 saturated carbocycles. The maximum absolute atomic E-state index is 9.02. The van der Waals surface area contributed by atoms with Crippen LogP contribution >= 0.6 is 27.7 Å². The van der Waals surface area contributed by atoms with Crippen LogP contribution in [0.25, 0.3) is 11.0 Å². The summed E-state index contributed by atoms with van der Waals surface area (Å²) in [5, 5.41) is 13.5. The second-order valence-electron chi connectivity index (χ2n) is 8.28. The molecule has 2 aliphatic heterocycles. The highest BCUT2D eigenvalue weighted by atomic mass is 79.9. The second-order valence-corrected chi connectivity index (χ2v) is 10.2. The van der Waals surface area contributed by atoms with Crippen LogP contribution in [0, 0.1) is 16.7 Å². The van der Waals surface area contributed by atoms with Gasteiger partial charge < -0.3 is 9.73 Å². The van der Waals surface area contributed by atoms with Crippen LogP contribution in [-0.4, -0.2) is 46.6 Å². The van der Waals surface area contributed by atoms with E-state index in [2.05, 4.69) is 42.9 Å². The Hall–Kier alpha value is -1.23. The lowest BCUT2D eigenvalue weighted by atomic mass is 9.76. The highest BCUT2D eigenvalue weighted by Crippen LogP contribution is 2.45. The third-order valence-corrected chi connectivity index (χ3v) is 8.55. The number of halogens is 1. The van der Waals surface area contributed by atoms with E-state index in [-0.39, 0.29) is 0 Å². The molecule has 0 atom stereocenters. The van der Waals surface area contributed by atoms with Gasteiger partial charge in [0.2, 0.25) is 5.76 Å². The number of hydrogen-bond acceptors (Lipinski definition) is 6. The Bertz CT molecular complexity index is 885. The zero-order valence-corrected chi connectivity index (χ0v) is 17.6. The number of nitrogens with one attached hydrogen (secondary N) is 1. The van der Waals surface area contributed by atoms with E-state index in [9.17, 15) is 0 Å². The summed E-state index contributed by atoms with van der Waals surface area (Å²) in [4.78, 5) is 7.24. The standard InChI is InChI=1S/C20H23BrN4OS/c21-18-16-7-15(8-22)26-17(16)9-23-19(18)24-13-1-3-14(4-2-13)25-10-20(11-25)5-6-27-12-20/h7,9,13-14H,1-6,10-12H2,(H,23,24). The number of nitrogens with zero attached hydrogens (tertiary/aromatic N) is 3. The molecule has 2 aromatic heterocycles. The summed E-state index contributed by atoms with van der Waals surface area (Å²) < 4.78 is 6.34. The molecule has 0 radical (unpaired) electrons. The molecular weight excluding hydrogens is 424 g/mol. The molecule has 27 heavy (non-hydrogen) atoms. The van der Waals surface area contributed by atoms with Crippen molar-refractivity contribution in [2.75, 3.05) is 29.9 Å². The summed E-state index contributed by atoms with van der Waals surface area (Å²) in [6.07, 6.45) is 8.03. The molecule has 5 nitrogen and oxygen atoms in total. The number of thioether (sulfide) groups is 1. The van der Waals surface area contributed by atoms with Crippen LogP contribution in [0.3, 0.4) is 0 Å². The average molecular weight is 447 g/mol. The lowest BCUT2D eigenvalue weighted by molar-refractivity contribution is -0.0251. The van der Waals surface area contributed by atoms with Gasteiger partial charge in [-0.1, -0.05) is 0 Å². The normalized spacial score (nSPS) is 27.6. The Balaban J connectivity index is 1.19. The molecular formula is C20H23BrN4OS. The van der Waals surface area contributed by atoms with E-state index in [4.69, 9.17) is 9.68 Å². The van der Waals surface area contributed by atoms with Gasteiger partial charge in [0.05, 0.1) is 10.7 Å². The molecule has 5 rings (SSSR count). The van der Waals surface area contributed by atoms with Crippen molar-refractivity contribution < 1.29 is 4.42 Å². The molecule has 0 bridgehead atoms. The Kier molecular flexibility index (Phi) is 4.61. The van der Waals surface area contributed by atoms with Crippen molar-refractivity contribution in [3.8, 4) is 6.07 Å². The smallest absolute Gasteiger partial charge is 0.204 e. The second kappa shape index (κ2) is 6.98. The summed E-state index contributed by atoms with van der Waals surface area (Å²) in [6, 6.07) is 5.04. The third kappa shape index (κ3) is 3.26. The lowest BCUT2D eigenvalue weighted by Crippen LogP contribution is -2.60. The zero-order valence-electron chi connectivity index (χ0n) is 15.2. The first-order valence-electron chi connectivity index (χ1n) is 9.72. The van der Waals surface area contributed by atoms with Crippen molar-refractivity contribution in [2.45, 2.75) is 44.2 Å². The molecule has 1 spiro atoms. The van der Waals surface area contributed by atoms with E-state index in [0.29, 0.717) is 22.8 Å². The highest BCUT2D eigenvalue weighted by Gasteiger charge is 2.47. The largest absolute Gasteiger partial charge is 0.444 e. The average Bonchev–Trinajstić information content (AvgIpc) is 3.31. The maximum atomic E-state index is 9.02. The third-order valence-electron chi connectivity index (χ3n) is 6.44. The molecule has 3 aliphatic rings. The molecule has 0 aromatic carbocycles. The maximum Gasteiger partial charge on any atom is 0.204 e. The molecule has 0 amide bonds. The van der Waals surface area contributed by atoms with Gasteiger partial charge in [-0.3, -0.25) is 4.90 Å². The molecule has 142 valence electrons. The Labute approximate surface area is 172 Å². The molecule has 1 N–H and O–H groups in total. The molecule has 4 heterocycles. The molecule has 2 aromatic rings. The molecule has 2 saturated heterocycles. The van der Waals surface area contributed by atoms with Crippen molar-refractivity contribution in [1.29, 1.82) is 5.26 Å². The van der Waals surface area contributed by atoms with Crippen molar-refractivity contribution in [3.63, 3.8) is 0 Å². The minimum absolute atomic E-state index is 0.318. The molecule has 7 heteroatoms. The zero-order chi connectivity index (χ0) is 18.4. The fourth-order valence-electron chi connectivity index (χ4n) is 4.89. The van der Waals surface area contributed by atoms with Gasteiger partial charge in [-0.15, -0.1) is 0 Å². The molecule has 3 fully saturated rings. The van der Waals surface area contributed by atoms with Crippen LogP contribution < -0.4 is 5.32 Å². The number of pyridine rings is 1. The monoisotopic (exact) mass is 446 g/mol. The van der Waals surface area contributed by atoms with E-state index in [0.717, 1.165) is 21.7 Å². The van der Waals surface area contributed by atoms with Gasteiger partial charge in [-0.05, 0) is 53.8 Å².